The fourth-order valence-electron chi connectivity index (χ4n) is 3.16. The van der Waals surface area contributed by atoms with Gasteiger partial charge in [-0.1, -0.05) is 13.3 Å². The molecule has 2 aromatic rings. The van der Waals surface area contributed by atoms with Crippen molar-refractivity contribution in [1.29, 1.82) is 0 Å². The van der Waals surface area contributed by atoms with E-state index in [1.54, 1.807) is 0 Å². The van der Waals surface area contributed by atoms with Crippen molar-refractivity contribution in [2.75, 3.05) is 23.3 Å². The molecule has 1 aliphatic heterocycles. The van der Waals surface area contributed by atoms with E-state index in [0.717, 1.165) is 62.4 Å². The van der Waals surface area contributed by atoms with Gasteiger partial charge in [0.2, 0.25) is 5.95 Å². The van der Waals surface area contributed by atoms with Crippen molar-refractivity contribution >= 4 is 17.5 Å². The molecule has 27 heavy (non-hydrogen) atoms. The third kappa shape index (κ3) is 4.87. The molecule has 2 heterocycles. The summed E-state index contributed by atoms with van der Waals surface area (Å²) < 4.78 is 52.3. The number of halogens is 4. The van der Waals surface area contributed by atoms with Crippen LogP contribution in [-0.4, -0.2) is 23.1 Å². The molecule has 1 aliphatic rings. The van der Waals surface area contributed by atoms with Crippen molar-refractivity contribution in [1.82, 2.24) is 9.97 Å². The van der Waals surface area contributed by atoms with Gasteiger partial charge in [0.15, 0.2) is 0 Å². The van der Waals surface area contributed by atoms with Gasteiger partial charge in [-0.25, -0.2) is 9.37 Å². The molecule has 8 heteroatoms. The minimum atomic E-state index is -4.76. The van der Waals surface area contributed by atoms with E-state index in [2.05, 4.69) is 20.2 Å². The lowest BCUT2D eigenvalue weighted by atomic mass is 10.1. The Morgan fingerprint density at radius 1 is 1.07 bits per heavy atom. The first kappa shape index (κ1) is 19.4. The SMILES string of the molecule is CCCc1cc(N2CCCCC2)nc(Nc2ccc(F)c(C(F)(F)F)c2)n1. The maximum Gasteiger partial charge on any atom is 0.419 e. The van der Waals surface area contributed by atoms with Gasteiger partial charge in [-0.05, 0) is 43.9 Å². The summed E-state index contributed by atoms with van der Waals surface area (Å²) in [7, 11) is 0. The molecule has 146 valence electrons. The van der Waals surface area contributed by atoms with E-state index in [0.29, 0.717) is 0 Å². The van der Waals surface area contributed by atoms with Gasteiger partial charge in [-0.2, -0.15) is 18.2 Å². The second-order valence-corrected chi connectivity index (χ2v) is 6.66. The summed E-state index contributed by atoms with van der Waals surface area (Å²) in [6, 6.07) is 4.73. The molecule has 0 atom stereocenters. The van der Waals surface area contributed by atoms with Crippen molar-refractivity contribution in [2.24, 2.45) is 0 Å². The number of anilines is 3. The Morgan fingerprint density at radius 3 is 2.48 bits per heavy atom. The molecule has 0 unspecified atom stereocenters. The second-order valence-electron chi connectivity index (χ2n) is 6.66. The molecular formula is C19H22F4N4. The molecule has 0 saturated carbocycles. The highest BCUT2D eigenvalue weighted by atomic mass is 19.4. The number of alkyl halides is 3. The molecule has 1 saturated heterocycles. The van der Waals surface area contributed by atoms with Crippen LogP contribution in [0.25, 0.3) is 0 Å². The highest BCUT2D eigenvalue weighted by Crippen LogP contribution is 2.33. The highest BCUT2D eigenvalue weighted by molar-refractivity contribution is 5.57. The number of nitrogens with zero attached hydrogens (tertiary/aromatic N) is 3. The molecule has 1 N–H and O–H groups in total. The number of benzene rings is 1. The predicted octanol–water partition coefficient (Wildman–Crippen LogP) is 5.32. The summed E-state index contributed by atoms with van der Waals surface area (Å²) in [5.41, 5.74) is -0.385. The zero-order valence-electron chi connectivity index (χ0n) is 15.1. The minimum Gasteiger partial charge on any atom is -0.356 e. The Labute approximate surface area is 155 Å². The van der Waals surface area contributed by atoms with Crippen molar-refractivity contribution in [3.8, 4) is 0 Å². The van der Waals surface area contributed by atoms with E-state index in [-0.39, 0.29) is 11.6 Å². The second kappa shape index (κ2) is 8.10. The molecule has 4 nitrogen and oxygen atoms in total. The van der Waals surface area contributed by atoms with Gasteiger partial charge in [0, 0.05) is 30.5 Å². The van der Waals surface area contributed by atoms with Gasteiger partial charge < -0.3 is 10.2 Å². The van der Waals surface area contributed by atoms with Gasteiger partial charge in [-0.15, -0.1) is 0 Å². The molecular weight excluding hydrogens is 360 g/mol. The van der Waals surface area contributed by atoms with Crippen LogP contribution >= 0.6 is 0 Å². The molecule has 0 aliphatic carbocycles. The molecule has 0 bridgehead atoms. The number of aryl methyl sites for hydroxylation is 1. The molecule has 1 aromatic heterocycles. The van der Waals surface area contributed by atoms with E-state index in [9.17, 15) is 17.6 Å². The van der Waals surface area contributed by atoms with Crippen LogP contribution in [0.4, 0.5) is 35.0 Å². The van der Waals surface area contributed by atoms with Gasteiger partial charge in [-0.3, -0.25) is 0 Å². The lowest BCUT2D eigenvalue weighted by molar-refractivity contribution is -0.139. The van der Waals surface area contributed by atoms with Crippen LogP contribution in [0, 0.1) is 5.82 Å². The number of aromatic nitrogens is 2. The maximum absolute atomic E-state index is 13.5. The number of hydrogen-bond acceptors (Lipinski definition) is 4. The smallest absolute Gasteiger partial charge is 0.356 e. The maximum atomic E-state index is 13.5. The topological polar surface area (TPSA) is 41.1 Å². The predicted molar refractivity (Wildman–Crippen MR) is 96.8 cm³/mol. The van der Waals surface area contributed by atoms with E-state index in [1.165, 1.54) is 12.5 Å². The van der Waals surface area contributed by atoms with Crippen LogP contribution in [0.3, 0.4) is 0 Å². The van der Waals surface area contributed by atoms with E-state index < -0.39 is 17.6 Å². The van der Waals surface area contributed by atoms with Crippen LogP contribution in [0.5, 0.6) is 0 Å². The van der Waals surface area contributed by atoms with Crippen LogP contribution in [0.15, 0.2) is 24.3 Å². The zero-order valence-corrected chi connectivity index (χ0v) is 15.1. The quantitative estimate of drug-likeness (QED) is 0.711. The summed E-state index contributed by atoms with van der Waals surface area (Å²) in [4.78, 5) is 11.0. The largest absolute Gasteiger partial charge is 0.419 e. The molecule has 1 aromatic carbocycles. The Balaban J connectivity index is 1.90. The van der Waals surface area contributed by atoms with Gasteiger partial charge in [0.1, 0.15) is 11.6 Å². The zero-order chi connectivity index (χ0) is 19.4. The first-order chi connectivity index (χ1) is 12.9. The van der Waals surface area contributed by atoms with Crippen LogP contribution < -0.4 is 10.2 Å². The number of hydrogen-bond donors (Lipinski definition) is 1. The van der Waals surface area contributed by atoms with E-state index >= 15 is 0 Å². The Morgan fingerprint density at radius 2 is 1.81 bits per heavy atom. The Bertz CT molecular complexity index is 786. The minimum absolute atomic E-state index is 0.0990. The van der Waals surface area contributed by atoms with Gasteiger partial charge in [0.25, 0.3) is 0 Å². The normalized spacial score (nSPS) is 15.1. The molecule has 0 radical (unpaired) electrons. The fraction of sp³-hybridized carbons (Fsp3) is 0.474. The number of piperidine rings is 1. The molecule has 0 spiro atoms. The summed E-state index contributed by atoms with van der Waals surface area (Å²) in [6.07, 6.45) is 0.238. The Hall–Kier alpha value is -2.38. The van der Waals surface area contributed by atoms with E-state index in [4.69, 9.17) is 0 Å². The van der Waals surface area contributed by atoms with Crippen molar-refractivity contribution in [2.45, 2.75) is 45.2 Å². The lowest BCUT2D eigenvalue weighted by Gasteiger charge is -2.28. The standard InChI is InChI=1S/C19H22F4N4/c1-2-6-13-12-17(27-9-4-3-5-10-27)26-18(24-13)25-14-7-8-16(20)15(11-14)19(21,22)23/h7-8,11-12H,2-6,9-10H2,1H3,(H,24,25,26). The third-order valence-electron chi connectivity index (χ3n) is 4.48. The van der Waals surface area contributed by atoms with Crippen LogP contribution in [0.1, 0.15) is 43.9 Å². The average molecular weight is 382 g/mol. The molecule has 1 fully saturated rings. The molecule has 3 rings (SSSR count). The monoisotopic (exact) mass is 382 g/mol. The van der Waals surface area contributed by atoms with Gasteiger partial charge >= 0.3 is 6.18 Å². The van der Waals surface area contributed by atoms with Crippen LogP contribution in [0.2, 0.25) is 0 Å². The van der Waals surface area contributed by atoms with E-state index in [1.807, 2.05) is 13.0 Å². The number of rotatable bonds is 5. The van der Waals surface area contributed by atoms with Crippen LogP contribution in [-0.2, 0) is 12.6 Å². The van der Waals surface area contributed by atoms with Crippen molar-refractivity contribution in [3.63, 3.8) is 0 Å². The summed E-state index contributed by atoms with van der Waals surface area (Å²) in [5.74, 6) is -0.308. The summed E-state index contributed by atoms with van der Waals surface area (Å²) >= 11 is 0. The van der Waals surface area contributed by atoms with Crippen molar-refractivity contribution in [3.05, 3.63) is 41.3 Å². The Kier molecular flexibility index (Phi) is 5.82. The average Bonchev–Trinajstić information content (AvgIpc) is 2.63. The first-order valence-corrected chi connectivity index (χ1v) is 9.13. The number of nitrogens with one attached hydrogen (secondary N) is 1. The lowest BCUT2D eigenvalue weighted by Crippen LogP contribution is -2.30. The fourth-order valence-corrected chi connectivity index (χ4v) is 3.16. The van der Waals surface area contributed by atoms with Crippen molar-refractivity contribution < 1.29 is 17.6 Å². The first-order valence-electron chi connectivity index (χ1n) is 9.13. The van der Waals surface area contributed by atoms with Gasteiger partial charge in [0.05, 0.1) is 5.56 Å². The molecule has 0 amide bonds. The third-order valence-corrected chi connectivity index (χ3v) is 4.48. The summed E-state index contributed by atoms with van der Waals surface area (Å²) in [6.45, 7) is 3.83. The summed E-state index contributed by atoms with van der Waals surface area (Å²) in [5, 5.41) is 2.81. The highest BCUT2D eigenvalue weighted by Gasteiger charge is 2.34.